The molecule has 0 aromatic rings. The zero-order valence-corrected chi connectivity index (χ0v) is 11.7. The highest BCUT2D eigenvalue weighted by molar-refractivity contribution is 14.1. The Labute approximate surface area is 96.3 Å². The summed E-state index contributed by atoms with van der Waals surface area (Å²) in [6, 6.07) is 0.526. The van der Waals surface area contributed by atoms with Crippen molar-refractivity contribution in [3.05, 3.63) is 0 Å². The van der Waals surface area contributed by atoms with Gasteiger partial charge in [-0.15, -0.1) is 0 Å². The van der Waals surface area contributed by atoms with Crippen LogP contribution in [0.5, 0.6) is 0 Å². The molecular formula is C10H21IN2. The van der Waals surface area contributed by atoms with Crippen LogP contribution < -0.4 is 0 Å². The third kappa shape index (κ3) is 3.83. The molecule has 0 radical (unpaired) electrons. The number of hydrogen-bond donors (Lipinski definition) is 0. The highest BCUT2D eigenvalue weighted by Crippen LogP contribution is 2.21. The van der Waals surface area contributed by atoms with Gasteiger partial charge in [0.15, 0.2) is 0 Å². The number of halogens is 1. The normalized spacial score (nSPS) is 13.7. The maximum Gasteiger partial charge on any atom is 0.116 e. The van der Waals surface area contributed by atoms with Crippen molar-refractivity contribution in [3.63, 3.8) is 0 Å². The van der Waals surface area contributed by atoms with Gasteiger partial charge < -0.3 is 4.90 Å². The minimum Gasteiger partial charge on any atom is -0.357 e. The predicted octanol–water partition coefficient (Wildman–Crippen LogP) is 3.51. The van der Waals surface area contributed by atoms with Crippen LogP contribution in [0.15, 0.2) is 3.21 Å². The molecule has 3 heteroatoms. The second-order valence-electron chi connectivity index (χ2n) is 4.54. The molecule has 0 bridgehead atoms. The van der Waals surface area contributed by atoms with Crippen LogP contribution in [0, 0.1) is 5.41 Å². The maximum atomic E-state index is 4.36. The second kappa shape index (κ2) is 5.17. The molecule has 2 nitrogen and oxygen atoms in total. The van der Waals surface area contributed by atoms with Gasteiger partial charge in [-0.05, 0) is 20.8 Å². The summed E-state index contributed by atoms with van der Waals surface area (Å²) in [5.41, 5.74) is 0.140. The van der Waals surface area contributed by atoms with Crippen molar-refractivity contribution in [2.75, 3.05) is 6.54 Å². The molecule has 0 fully saturated rings. The first kappa shape index (κ1) is 13.2. The standard InChI is InChI=1S/C10H21IN2/c1-7-13(8(2)3)9(12-11)10(4,5)6/h8H,7H2,1-6H3. The fourth-order valence-electron chi connectivity index (χ4n) is 1.37. The monoisotopic (exact) mass is 296 g/mol. The van der Waals surface area contributed by atoms with Gasteiger partial charge in [-0.2, -0.15) is 0 Å². The van der Waals surface area contributed by atoms with Crippen molar-refractivity contribution in [2.24, 2.45) is 8.62 Å². The van der Waals surface area contributed by atoms with Gasteiger partial charge in [-0.1, -0.05) is 20.8 Å². The second-order valence-corrected chi connectivity index (χ2v) is 5.02. The molecule has 0 aromatic carbocycles. The molecule has 0 saturated heterocycles. The Morgan fingerprint density at radius 1 is 1.38 bits per heavy atom. The van der Waals surface area contributed by atoms with Gasteiger partial charge >= 0.3 is 0 Å². The van der Waals surface area contributed by atoms with E-state index < -0.39 is 0 Å². The van der Waals surface area contributed by atoms with Crippen LogP contribution in [0.3, 0.4) is 0 Å². The summed E-state index contributed by atoms with van der Waals surface area (Å²) < 4.78 is 4.36. The molecule has 0 spiro atoms. The lowest BCUT2D eigenvalue weighted by Crippen LogP contribution is -2.43. The lowest BCUT2D eigenvalue weighted by atomic mass is 9.93. The first-order chi connectivity index (χ1) is 5.84. The van der Waals surface area contributed by atoms with Gasteiger partial charge in [0, 0.05) is 18.0 Å². The molecule has 0 aromatic heterocycles. The van der Waals surface area contributed by atoms with Gasteiger partial charge in [-0.25, -0.2) is 3.21 Å². The van der Waals surface area contributed by atoms with E-state index >= 15 is 0 Å². The van der Waals surface area contributed by atoms with Crippen LogP contribution in [0.25, 0.3) is 0 Å². The lowest BCUT2D eigenvalue weighted by molar-refractivity contribution is 0.329. The summed E-state index contributed by atoms with van der Waals surface area (Å²) in [5.74, 6) is 1.19. The molecule has 13 heavy (non-hydrogen) atoms. The van der Waals surface area contributed by atoms with Gasteiger partial charge in [0.1, 0.15) is 5.84 Å². The largest absolute Gasteiger partial charge is 0.357 e. The van der Waals surface area contributed by atoms with Crippen LogP contribution in [0.1, 0.15) is 41.5 Å². The summed E-state index contributed by atoms with van der Waals surface area (Å²) in [4.78, 5) is 2.34. The van der Waals surface area contributed by atoms with Gasteiger partial charge in [-0.3, -0.25) is 0 Å². The highest BCUT2D eigenvalue weighted by Gasteiger charge is 2.25. The number of hydrogen-bond acceptors (Lipinski definition) is 1. The Morgan fingerprint density at radius 3 is 1.92 bits per heavy atom. The first-order valence-corrected chi connectivity index (χ1v) is 5.77. The summed E-state index contributed by atoms with van der Waals surface area (Å²) in [6.07, 6.45) is 0. The third-order valence-corrected chi connectivity index (χ3v) is 2.44. The van der Waals surface area contributed by atoms with Crippen LogP contribution in [0.2, 0.25) is 0 Å². The van der Waals surface area contributed by atoms with Crippen molar-refractivity contribution >= 4 is 28.7 Å². The smallest absolute Gasteiger partial charge is 0.116 e. The number of nitrogens with zero attached hydrogens (tertiary/aromatic N) is 2. The Hall–Kier alpha value is 0.200. The van der Waals surface area contributed by atoms with E-state index in [-0.39, 0.29) is 5.41 Å². The average molecular weight is 296 g/mol. The van der Waals surface area contributed by atoms with Crippen molar-refractivity contribution in [1.82, 2.24) is 4.90 Å². The van der Waals surface area contributed by atoms with Gasteiger partial charge in [0.2, 0.25) is 0 Å². The maximum absolute atomic E-state index is 4.36. The van der Waals surface area contributed by atoms with E-state index in [0.29, 0.717) is 6.04 Å². The SMILES string of the molecule is CCN(C(=NI)C(C)(C)C)C(C)C. The summed E-state index contributed by atoms with van der Waals surface area (Å²) in [7, 11) is 0. The lowest BCUT2D eigenvalue weighted by Gasteiger charge is -2.35. The summed E-state index contributed by atoms with van der Waals surface area (Å²) >= 11 is 2.09. The predicted molar refractivity (Wildman–Crippen MR) is 68.4 cm³/mol. The van der Waals surface area contributed by atoms with Crippen LogP contribution >= 0.6 is 22.9 Å². The van der Waals surface area contributed by atoms with Crippen molar-refractivity contribution in [1.29, 1.82) is 0 Å². The van der Waals surface area contributed by atoms with E-state index in [1.807, 2.05) is 0 Å². The molecule has 0 aliphatic rings. The fraction of sp³-hybridized carbons (Fsp3) is 0.900. The Kier molecular flexibility index (Phi) is 5.25. The van der Waals surface area contributed by atoms with E-state index in [1.165, 1.54) is 5.84 Å². The summed E-state index contributed by atoms with van der Waals surface area (Å²) in [5, 5.41) is 0. The Bertz CT molecular complexity index is 180. The zero-order chi connectivity index (χ0) is 10.6. The van der Waals surface area contributed by atoms with E-state index in [0.717, 1.165) is 6.54 Å². The minimum absolute atomic E-state index is 0.140. The quantitative estimate of drug-likeness (QED) is 0.432. The third-order valence-electron chi connectivity index (χ3n) is 1.99. The van der Waals surface area contributed by atoms with E-state index in [4.69, 9.17) is 0 Å². The number of amidine groups is 1. The highest BCUT2D eigenvalue weighted by atomic mass is 127. The molecule has 0 amide bonds. The molecule has 0 atom stereocenters. The van der Waals surface area contributed by atoms with Crippen LogP contribution in [-0.4, -0.2) is 23.3 Å². The van der Waals surface area contributed by atoms with Crippen LogP contribution in [-0.2, 0) is 0 Å². The molecule has 78 valence electrons. The molecule has 0 saturated carbocycles. The molecule has 0 rings (SSSR count). The minimum atomic E-state index is 0.140. The molecule has 0 aliphatic heterocycles. The number of rotatable bonds is 2. The molecule has 0 heterocycles. The van der Waals surface area contributed by atoms with Crippen molar-refractivity contribution < 1.29 is 0 Å². The summed E-state index contributed by atoms with van der Waals surface area (Å²) in [6.45, 7) is 14.2. The Balaban J connectivity index is 4.77. The van der Waals surface area contributed by atoms with Gasteiger partial charge in [0.05, 0.1) is 22.9 Å². The first-order valence-electron chi connectivity index (χ1n) is 4.80. The van der Waals surface area contributed by atoms with E-state index in [9.17, 15) is 0 Å². The topological polar surface area (TPSA) is 15.6 Å². The van der Waals surface area contributed by atoms with Crippen molar-refractivity contribution in [3.8, 4) is 0 Å². The zero-order valence-electron chi connectivity index (χ0n) is 9.56. The average Bonchev–Trinajstić information content (AvgIpc) is 1.96. The molecular weight excluding hydrogens is 275 g/mol. The van der Waals surface area contributed by atoms with Gasteiger partial charge in [0.25, 0.3) is 0 Å². The molecule has 0 N–H and O–H groups in total. The molecule has 0 unspecified atom stereocenters. The molecule has 0 aliphatic carbocycles. The Morgan fingerprint density at radius 2 is 1.85 bits per heavy atom. The van der Waals surface area contributed by atoms with E-state index in [2.05, 4.69) is 72.5 Å². The van der Waals surface area contributed by atoms with Crippen LogP contribution in [0.4, 0.5) is 0 Å². The fourth-order valence-corrected chi connectivity index (χ4v) is 2.37. The van der Waals surface area contributed by atoms with Crippen molar-refractivity contribution in [2.45, 2.75) is 47.6 Å². The van der Waals surface area contributed by atoms with E-state index in [1.54, 1.807) is 0 Å².